The number of carboxylic acids is 1. The van der Waals surface area contributed by atoms with E-state index in [1.54, 1.807) is 0 Å². The molecule has 0 bridgehead atoms. The Labute approximate surface area is 104 Å². The Morgan fingerprint density at radius 1 is 0.895 bits per heavy atom. The van der Waals surface area contributed by atoms with Crippen LogP contribution >= 0.6 is 0 Å². The van der Waals surface area contributed by atoms with E-state index in [4.69, 9.17) is 5.11 Å². The van der Waals surface area contributed by atoms with Crippen LogP contribution in [0.5, 0.6) is 0 Å². The minimum absolute atomic E-state index is 0.471. The summed E-state index contributed by atoms with van der Waals surface area (Å²) in [5.41, 5.74) is -1.74. The Morgan fingerprint density at radius 2 is 1.53 bits per heavy atom. The lowest BCUT2D eigenvalue weighted by atomic mass is 10.0. The molecule has 0 saturated heterocycles. The van der Waals surface area contributed by atoms with E-state index in [2.05, 4.69) is 0 Å². The van der Waals surface area contributed by atoms with Crippen molar-refractivity contribution in [3.8, 4) is 11.1 Å². The molecule has 0 radical (unpaired) electrons. The van der Waals surface area contributed by atoms with Crippen LogP contribution in [0, 0.1) is 23.3 Å². The molecule has 0 aromatic heterocycles. The first kappa shape index (κ1) is 13.1. The van der Waals surface area contributed by atoms with Crippen LogP contribution in [0.15, 0.2) is 30.3 Å². The van der Waals surface area contributed by atoms with Crippen molar-refractivity contribution < 1.29 is 27.5 Å². The van der Waals surface area contributed by atoms with Crippen molar-refractivity contribution in [2.75, 3.05) is 0 Å². The van der Waals surface area contributed by atoms with Gasteiger partial charge in [-0.15, -0.1) is 0 Å². The molecular formula is C13H6F4O2. The quantitative estimate of drug-likeness (QED) is 0.846. The van der Waals surface area contributed by atoms with Crippen LogP contribution in [0.2, 0.25) is 0 Å². The maximum Gasteiger partial charge on any atom is 0.335 e. The number of hydrogen-bond acceptors (Lipinski definition) is 1. The predicted octanol–water partition coefficient (Wildman–Crippen LogP) is 3.61. The van der Waals surface area contributed by atoms with Crippen LogP contribution in [-0.2, 0) is 0 Å². The van der Waals surface area contributed by atoms with Crippen molar-refractivity contribution in [1.82, 2.24) is 0 Å². The third kappa shape index (κ3) is 2.29. The Bertz CT molecular complexity index is 668. The lowest BCUT2D eigenvalue weighted by Crippen LogP contribution is -2.02. The normalized spacial score (nSPS) is 10.5. The van der Waals surface area contributed by atoms with Gasteiger partial charge in [0.2, 0.25) is 0 Å². The molecule has 0 aliphatic carbocycles. The van der Waals surface area contributed by atoms with Crippen LogP contribution in [0.3, 0.4) is 0 Å². The van der Waals surface area contributed by atoms with Gasteiger partial charge in [0, 0.05) is 11.1 Å². The minimum Gasteiger partial charge on any atom is -0.478 e. The molecular weight excluding hydrogens is 264 g/mol. The molecule has 0 spiro atoms. The molecule has 0 amide bonds. The molecule has 0 heterocycles. The molecule has 2 aromatic carbocycles. The highest BCUT2D eigenvalue weighted by Crippen LogP contribution is 2.29. The lowest BCUT2D eigenvalue weighted by Gasteiger charge is -2.07. The fourth-order valence-corrected chi connectivity index (χ4v) is 1.62. The van der Waals surface area contributed by atoms with Gasteiger partial charge in [0.05, 0.1) is 5.56 Å². The second-order valence-corrected chi connectivity index (χ2v) is 3.73. The maximum atomic E-state index is 13.6. The summed E-state index contributed by atoms with van der Waals surface area (Å²) in [6.45, 7) is 0. The van der Waals surface area contributed by atoms with E-state index in [-0.39, 0.29) is 0 Å². The molecule has 0 unspecified atom stereocenters. The SMILES string of the molecule is O=C(O)c1cc(F)c(F)c(-c2cccc(F)c2F)c1. The molecule has 2 rings (SSSR count). The van der Waals surface area contributed by atoms with E-state index in [0.717, 1.165) is 24.3 Å². The van der Waals surface area contributed by atoms with Crippen LogP contribution in [0.4, 0.5) is 17.6 Å². The highest BCUT2D eigenvalue weighted by Gasteiger charge is 2.19. The summed E-state index contributed by atoms with van der Waals surface area (Å²) in [6, 6.07) is 4.17. The van der Waals surface area contributed by atoms with Crippen LogP contribution < -0.4 is 0 Å². The molecule has 0 atom stereocenters. The third-order valence-electron chi connectivity index (χ3n) is 2.52. The third-order valence-corrected chi connectivity index (χ3v) is 2.52. The molecule has 0 aliphatic rings. The number of carboxylic acid groups (broad SMARTS) is 1. The molecule has 0 saturated carbocycles. The van der Waals surface area contributed by atoms with Crippen molar-refractivity contribution in [2.24, 2.45) is 0 Å². The van der Waals surface area contributed by atoms with Gasteiger partial charge in [0.25, 0.3) is 0 Å². The summed E-state index contributed by atoms with van der Waals surface area (Å²) in [7, 11) is 0. The summed E-state index contributed by atoms with van der Waals surface area (Å²) in [6.07, 6.45) is 0. The minimum atomic E-state index is -1.50. The monoisotopic (exact) mass is 270 g/mol. The van der Waals surface area contributed by atoms with Crippen LogP contribution in [0.25, 0.3) is 11.1 Å². The zero-order valence-electron chi connectivity index (χ0n) is 9.25. The van der Waals surface area contributed by atoms with Gasteiger partial charge in [-0.05, 0) is 18.2 Å². The maximum absolute atomic E-state index is 13.6. The van der Waals surface area contributed by atoms with Gasteiger partial charge in [0.1, 0.15) is 0 Å². The summed E-state index contributed by atoms with van der Waals surface area (Å²) < 4.78 is 53.4. The van der Waals surface area contributed by atoms with Crippen molar-refractivity contribution in [3.05, 3.63) is 59.2 Å². The van der Waals surface area contributed by atoms with Gasteiger partial charge in [-0.1, -0.05) is 12.1 Å². The molecule has 0 aliphatic heterocycles. The Kier molecular flexibility index (Phi) is 3.25. The molecule has 6 heteroatoms. The Morgan fingerprint density at radius 3 is 2.16 bits per heavy atom. The van der Waals surface area contributed by atoms with E-state index in [1.165, 1.54) is 0 Å². The van der Waals surface area contributed by atoms with E-state index in [0.29, 0.717) is 6.07 Å². The summed E-state index contributed by atoms with van der Waals surface area (Å²) >= 11 is 0. The molecule has 1 N–H and O–H groups in total. The van der Waals surface area contributed by atoms with E-state index in [9.17, 15) is 22.4 Å². The van der Waals surface area contributed by atoms with Gasteiger partial charge in [-0.2, -0.15) is 0 Å². The number of benzene rings is 2. The van der Waals surface area contributed by atoms with Crippen molar-refractivity contribution in [3.63, 3.8) is 0 Å². The summed E-state index contributed by atoms with van der Waals surface area (Å²) in [5.74, 6) is -6.99. The fraction of sp³-hybridized carbons (Fsp3) is 0. The van der Waals surface area contributed by atoms with E-state index in [1.807, 2.05) is 0 Å². The number of carbonyl (C=O) groups is 1. The van der Waals surface area contributed by atoms with Gasteiger partial charge in [0.15, 0.2) is 23.3 Å². The largest absolute Gasteiger partial charge is 0.478 e. The molecule has 19 heavy (non-hydrogen) atoms. The number of hydrogen-bond donors (Lipinski definition) is 1. The number of rotatable bonds is 2. The smallest absolute Gasteiger partial charge is 0.335 e. The summed E-state index contributed by atoms with van der Waals surface area (Å²) in [4.78, 5) is 10.7. The van der Waals surface area contributed by atoms with Crippen molar-refractivity contribution >= 4 is 5.97 Å². The number of halogens is 4. The van der Waals surface area contributed by atoms with E-state index >= 15 is 0 Å². The lowest BCUT2D eigenvalue weighted by molar-refractivity contribution is 0.0696. The van der Waals surface area contributed by atoms with Gasteiger partial charge in [-0.25, -0.2) is 22.4 Å². The highest BCUT2D eigenvalue weighted by molar-refractivity contribution is 5.89. The van der Waals surface area contributed by atoms with Crippen LogP contribution in [-0.4, -0.2) is 11.1 Å². The average Bonchev–Trinajstić information content (AvgIpc) is 2.36. The number of aromatic carboxylic acids is 1. The first-order chi connectivity index (χ1) is 8.91. The first-order valence-electron chi connectivity index (χ1n) is 5.08. The molecule has 0 fully saturated rings. The average molecular weight is 270 g/mol. The van der Waals surface area contributed by atoms with Crippen LogP contribution in [0.1, 0.15) is 10.4 Å². The second-order valence-electron chi connectivity index (χ2n) is 3.73. The molecule has 98 valence electrons. The molecule has 2 aromatic rings. The molecule has 2 nitrogen and oxygen atoms in total. The summed E-state index contributed by atoms with van der Waals surface area (Å²) in [5, 5.41) is 8.74. The van der Waals surface area contributed by atoms with Crippen molar-refractivity contribution in [2.45, 2.75) is 0 Å². The Balaban J connectivity index is 2.74. The zero-order chi connectivity index (χ0) is 14.2. The van der Waals surface area contributed by atoms with E-state index < -0.39 is 45.9 Å². The first-order valence-corrected chi connectivity index (χ1v) is 5.08. The van der Waals surface area contributed by atoms with Gasteiger partial charge >= 0.3 is 5.97 Å². The van der Waals surface area contributed by atoms with Gasteiger partial charge in [-0.3, -0.25) is 0 Å². The predicted molar refractivity (Wildman–Crippen MR) is 58.7 cm³/mol. The fourth-order valence-electron chi connectivity index (χ4n) is 1.62. The van der Waals surface area contributed by atoms with Gasteiger partial charge < -0.3 is 5.11 Å². The second kappa shape index (κ2) is 4.72. The zero-order valence-corrected chi connectivity index (χ0v) is 9.25. The standard InChI is InChI=1S/C13H6F4O2/c14-9-3-1-2-7(11(9)16)8-4-6(13(18)19)5-10(15)12(8)17/h1-5H,(H,18,19). The van der Waals surface area contributed by atoms with Crippen molar-refractivity contribution in [1.29, 1.82) is 0 Å². The highest BCUT2D eigenvalue weighted by atomic mass is 19.2. The topological polar surface area (TPSA) is 37.3 Å². The Hall–Kier alpha value is -2.37.